The molecule has 1 rings (SSSR count). The Hall–Kier alpha value is -0.790. The van der Waals surface area contributed by atoms with Crippen LogP contribution in [0.25, 0.3) is 0 Å². The van der Waals surface area contributed by atoms with Crippen molar-refractivity contribution in [2.45, 2.75) is 39.5 Å². The Morgan fingerprint density at radius 1 is 1.43 bits per heavy atom. The van der Waals surface area contributed by atoms with Crippen LogP contribution < -0.4 is 0 Å². The predicted molar refractivity (Wildman–Crippen MR) is 59.0 cm³/mol. The number of hydrogen-bond acceptors (Lipinski definition) is 1. The van der Waals surface area contributed by atoms with Crippen LogP contribution in [0.5, 0.6) is 0 Å². The molecule has 1 fully saturated rings. The molecule has 2 nitrogen and oxygen atoms in total. The second-order valence-corrected chi connectivity index (χ2v) is 4.03. The molecule has 0 N–H and O–H groups in total. The van der Waals surface area contributed by atoms with E-state index in [2.05, 4.69) is 6.92 Å². The van der Waals surface area contributed by atoms with Crippen molar-refractivity contribution in [2.75, 3.05) is 13.1 Å². The number of nitrogens with zero attached hydrogens (tertiary/aromatic N) is 1. The molecule has 1 atom stereocenters. The lowest BCUT2D eigenvalue weighted by atomic mass is 9.98. The van der Waals surface area contributed by atoms with E-state index in [1.807, 2.05) is 17.9 Å². The lowest BCUT2D eigenvalue weighted by Crippen LogP contribution is -2.30. The van der Waals surface area contributed by atoms with Gasteiger partial charge in [0, 0.05) is 13.1 Å². The Morgan fingerprint density at radius 2 is 2.21 bits per heavy atom. The number of likely N-dealkylation sites (tertiary alicyclic amines) is 1. The van der Waals surface area contributed by atoms with Gasteiger partial charge in [-0.15, -0.1) is 0 Å². The smallest absolute Gasteiger partial charge is 0.246 e. The molecule has 14 heavy (non-hydrogen) atoms. The summed E-state index contributed by atoms with van der Waals surface area (Å²) in [4.78, 5) is 13.6. The Bertz CT molecular complexity index is 210. The summed E-state index contributed by atoms with van der Waals surface area (Å²) in [6.07, 6.45) is 8.39. The van der Waals surface area contributed by atoms with Crippen molar-refractivity contribution >= 4 is 5.91 Å². The van der Waals surface area contributed by atoms with Gasteiger partial charge in [-0.1, -0.05) is 19.4 Å². The second kappa shape index (κ2) is 5.84. The van der Waals surface area contributed by atoms with Crippen molar-refractivity contribution in [3.8, 4) is 0 Å². The number of rotatable bonds is 2. The zero-order chi connectivity index (χ0) is 10.4. The number of carbonyl (C=O) groups excluding carboxylic acids is 1. The molecule has 1 heterocycles. The molecule has 0 bridgehead atoms. The molecule has 0 saturated carbocycles. The van der Waals surface area contributed by atoms with Crippen molar-refractivity contribution in [3.63, 3.8) is 0 Å². The third kappa shape index (κ3) is 3.17. The summed E-state index contributed by atoms with van der Waals surface area (Å²) in [7, 11) is 0. The highest BCUT2D eigenvalue weighted by Crippen LogP contribution is 2.20. The lowest BCUT2D eigenvalue weighted by Gasteiger charge is -2.18. The van der Waals surface area contributed by atoms with Crippen molar-refractivity contribution in [2.24, 2.45) is 5.92 Å². The molecular weight excluding hydrogens is 174 g/mol. The molecular formula is C12H21NO. The predicted octanol–water partition coefficient (Wildman–Crippen LogP) is 2.60. The molecule has 1 aliphatic heterocycles. The van der Waals surface area contributed by atoms with Gasteiger partial charge in [-0.2, -0.15) is 0 Å². The van der Waals surface area contributed by atoms with E-state index in [9.17, 15) is 4.79 Å². The van der Waals surface area contributed by atoms with Crippen molar-refractivity contribution < 1.29 is 4.79 Å². The molecule has 0 aromatic heterocycles. The summed E-state index contributed by atoms with van der Waals surface area (Å²) in [5.74, 6) is 1.02. The highest BCUT2D eigenvalue weighted by atomic mass is 16.2. The highest BCUT2D eigenvalue weighted by molar-refractivity contribution is 5.87. The third-order valence-corrected chi connectivity index (χ3v) is 3.05. The maximum atomic E-state index is 11.6. The van der Waals surface area contributed by atoms with Crippen LogP contribution in [0.4, 0.5) is 0 Å². The summed E-state index contributed by atoms with van der Waals surface area (Å²) in [5, 5.41) is 0. The molecule has 1 aliphatic rings. The molecule has 0 aromatic rings. The van der Waals surface area contributed by atoms with Crippen LogP contribution in [0.2, 0.25) is 0 Å². The van der Waals surface area contributed by atoms with Gasteiger partial charge in [-0.05, 0) is 38.2 Å². The van der Waals surface area contributed by atoms with Crippen LogP contribution in [-0.4, -0.2) is 23.9 Å². The van der Waals surface area contributed by atoms with Gasteiger partial charge in [0.05, 0.1) is 0 Å². The molecule has 1 unspecified atom stereocenters. The fourth-order valence-electron chi connectivity index (χ4n) is 2.04. The normalized spacial score (nSPS) is 23.9. The topological polar surface area (TPSA) is 20.3 Å². The van der Waals surface area contributed by atoms with E-state index in [1.54, 1.807) is 6.08 Å². The fourth-order valence-corrected chi connectivity index (χ4v) is 2.04. The van der Waals surface area contributed by atoms with Crippen LogP contribution in [0, 0.1) is 5.92 Å². The van der Waals surface area contributed by atoms with Gasteiger partial charge in [0.15, 0.2) is 0 Å². The van der Waals surface area contributed by atoms with Gasteiger partial charge in [-0.3, -0.25) is 4.79 Å². The molecule has 80 valence electrons. The standard InChI is InChI=1S/C12H21NO/c1-3-6-12(14)13-9-5-7-11(4-2)8-10-13/h3,6,11H,4-5,7-10H2,1-2H3/b6-3+. The first-order chi connectivity index (χ1) is 6.77. The molecule has 0 aromatic carbocycles. The Labute approximate surface area is 87.0 Å². The van der Waals surface area contributed by atoms with E-state index in [0.29, 0.717) is 0 Å². The first-order valence-electron chi connectivity index (χ1n) is 5.69. The van der Waals surface area contributed by atoms with Crippen LogP contribution in [0.1, 0.15) is 39.5 Å². The Balaban J connectivity index is 2.45. The SMILES string of the molecule is C/C=C/C(=O)N1CCCC(CC)CC1. The van der Waals surface area contributed by atoms with E-state index >= 15 is 0 Å². The van der Waals surface area contributed by atoms with Gasteiger partial charge >= 0.3 is 0 Å². The number of amides is 1. The maximum Gasteiger partial charge on any atom is 0.246 e. The van der Waals surface area contributed by atoms with Gasteiger partial charge in [0.25, 0.3) is 0 Å². The molecule has 1 saturated heterocycles. The zero-order valence-corrected chi connectivity index (χ0v) is 9.33. The van der Waals surface area contributed by atoms with Crippen molar-refractivity contribution in [1.82, 2.24) is 4.90 Å². The van der Waals surface area contributed by atoms with Crippen molar-refractivity contribution in [1.29, 1.82) is 0 Å². The molecule has 0 radical (unpaired) electrons. The van der Waals surface area contributed by atoms with Crippen LogP contribution in [0.15, 0.2) is 12.2 Å². The van der Waals surface area contributed by atoms with Gasteiger partial charge in [0.2, 0.25) is 5.91 Å². The summed E-state index contributed by atoms with van der Waals surface area (Å²) in [6.45, 7) is 6.03. The van der Waals surface area contributed by atoms with Crippen LogP contribution in [0.3, 0.4) is 0 Å². The molecule has 0 spiro atoms. The largest absolute Gasteiger partial charge is 0.339 e. The average molecular weight is 195 g/mol. The quantitative estimate of drug-likeness (QED) is 0.620. The Kier molecular flexibility index (Phi) is 4.71. The molecule has 2 heteroatoms. The summed E-state index contributed by atoms with van der Waals surface area (Å²) < 4.78 is 0. The van der Waals surface area contributed by atoms with Gasteiger partial charge in [0.1, 0.15) is 0 Å². The average Bonchev–Trinajstić information content (AvgIpc) is 2.42. The molecule has 1 amide bonds. The first-order valence-corrected chi connectivity index (χ1v) is 5.69. The minimum Gasteiger partial charge on any atom is -0.339 e. The highest BCUT2D eigenvalue weighted by Gasteiger charge is 2.17. The monoisotopic (exact) mass is 195 g/mol. The second-order valence-electron chi connectivity index (χ2n) is 4.03. The number of carbonyl (C=O) groups is 1. The maximum absolute atomic E-state index is 11.6. The van der Waals surface area contributed by atoms with E-state index in [0.717, 1.165) is 19.0 Å². The van der Waals surface area contributed by atoms with Gasteiger partial charge in [-0.25, -0.2) is 0 Å². The summed E-state index contributed by atoms with van der Waals surface area (Å²) in [5.41, 5.74) is 0. The van der Waals surface area contributed by atoms with E-state index in [4.69, 9.17) is 0 Å². The fraction of sp³-hybridized carbons (Fsp3) is 0.750. The minimum atomic E-state index is 0.184. The number of hydrogen-bond donors (Lipinski definition) is 0. The van der Waals surface area contributed by atoms with E-state index in [1.165, 1.54) is 25.7 Å². The Morgan fingerprint density at radius 3 is 2.86 bits per heavy atom. The summed E-state index contributed by atoms with van der Waals surface area (Å²) in [6, 6.07) is 0. The van der Waals surface area contributed by atoms with Crippen molar-refractivity contribution in [3.05, 3.63) is 12.2 Å². The third-order valence-electron chi connectivity index (χ3n) is 3.05. The number of allylic oxidation sites excluding steroid dienone is 1. The zero-order valence-electron chi connectivity index (χ0n) is 9.33. The van der Waals surface area contributed by atoms with Crippen LogP contribution >= 0.6 is 0 Å². The van der Waals surface area contributed by atoms with E-state index < -0.39 is 0 Å². The summed E-state index contributed by atoms with van der Waals surface area (Å²) >= 11 is 0. The van der Waals surface area contributed by atoms with E-state index in [-0.39, 0.29) is 5.91 Å². The lowest BCUT2D eigenvalue weighted by molar-refractivity contribution is -0.126. The van der Waals surface area contributed by atoms with Gasteiger partial charge < -0.3 is 4.90 Å². The van der Waals surface area contributed by atoms with Crippen LogP contribution in [-0.2, 0) is 4.79 Å². The first kappa shape index (κ1) is 11.3. The molecule has 0 aliphatic carbocycles. The minimum absolute atomic E-state index is 0.184.